The van der Waals surface area contributed by atoms with Crippen molar-refractivity contribution in [3.8, 4) is 5.75 Å². The van der Waals surface area contributed by atoms with Gasteiger partial charge in [-0.1, -0.05) is 18.2 Å². The predicted octanol–water partition coefficient (Wildman–Crippen LogP) is 2.27. The zero-order chi connectivity index (χ0) is 14.5. The summed E-state index contributed by atoms with van der Waals surface area (Å²) in [5.74, 6) is 1.77. The number of phenolic OH excluding ortho intramolecular Hbond substituents is 1. The second kappa shape index (κ2) is 6.34. The molecule has 2 rings (SSSR count). The van der Waals surface area contributed by atoms with Gasteiger partial charge in [-0.2, -0.15) is 0 Å². The average molecular weight is 273 g/mol. The van der Waals surface area contributed by atoms with Crippen LogP contribution in [0.15, 0.2) is 30.3 Å². The maximum absolute atomic E-state index is 9.82. The largest absolute Gasteiger partial charge is 0.508 e. The van der Waals surface area contributed by atoms with Crippen LogP contribution in [-0.2, 0) is 17.9 Å². The summed E-state index contributed by atoms with van der Waals surface area (Å²) in [7, 11) is 3.56. The Morgan fingerprint density at radius 2 is 2.00 bits per heavy atom. The molecule has 2 aromatic rings. The van der Waals surface area contributed by atoms with Crippen molar-refractivity contribution in [2.75, 3.05) is 19.1 Å². The number of hydrogen-bond donors (Lipinski definition) is 1. The van der Waals surface area contributed by atoms with Crippen LogP contribution in [0.1, 0.15) is 17.1 Å². The van der Waals surface area contributed by atoms with Crippen molar-refractivity contribution in [1.82, 2.24) is 9.97 Å². The monoisotopic (exact) mass is 273 g/mol. The zero-order valence-corrected chi connectivity index (χ0v) is 12.0. The van der Waals surface area contributed by atoms with Crippen molar-refractivity contribution in [2.45, 2.75) is 20.1 Å². The van der Waals surface area contributed by atoms with Crippen LogP contribution in [0.25, 0.3) is 0 Å². The number of para-hydroxylation sites is 1. The molecule has 0 amide bonds. The molecule has 0 spiro atoms. The van der Waals surface area contributed by atoms with E-state index in [9.17, 15) is 5.11 Å². The lowest BCUT2D eigenvalue weighted by Crippen LogP contribution is -2.19. The fourth-order valence-electron chi connectivity index (χ4n) is 1.98. The van der Waals surface area contributed by atoms with E-state index < -0.39 is 0 Å². The van der Waals surface area contributed by atoms with Crippen LogP contribution >= 0.6 is 0 Å². The lowest BCUT2D eigenvalue weighted by molar-refractivity contribution is 0.177. The Morgan fingerprint density at radius 1 is 1.25 bits per heavy atom. The number of aromatic nitrogens is 2. The Hall–Kier alpha value is -2.14. The van der Waals surface area contributed by atoms with E-state index >= 15 is 0 Å². The topological polar surface area (TPSA) is 58.5 Å². The van der Waals surface area contributed by atoms with Gasteiger partial charge in [0.25, 0.3) is 0 Å². The number of rotatable bonds is 5. The molecule has 0 aliphatic rings. The first-order valence-electron chi connectivity index (χ1n) is 6.41. The smallest absolute Gasteiger partial charge is 0.156 e. The fourth-order valence-corrected chi connectivity index (χ4v) is 1.98. The molecule has 5 nitrogen and oxygen atoms in total. The molecule has 20 heavy (non-hydrogen) atoms. The lowest BCUT2D eigenvalue weighted by Gasteiger charge is -2.19. The van der Waals surface area contributed by atoms with Gasteiger partial charge in [0.2, 0.25) is 0 Å². The first-order valence-corrected chi connectivity index (χ1v) is 6.41. The molecule has 1 N–H and O–H groups in total. The van der Waals surface area contributed by atoms with Crippen molar-refractivity contribution in [3.05, 3.63) is 47.4 Å². The summed E-state index contributed by atoms with van der Waals surface area (Å²) in [4.78, 5) is 10.8. The fraction of sp³-hybridized carbons (Fsp3) is 0.333. The molecular weight excluding hydrogens is 254 g/mol. The van der Waals surface area contributed by atoms with Crippen LogP contribution in [0, 0.1) is 6.92 Å². The summed E-state index contributed by atoms with van der Waals surface area (Å²) in [5.41, 5.74) is 1.76. The molecule has 0 radical (unpaired) electrons. The molecule has 0 unspecified atom stereocenters. The summed E-state index contributed by atoms with van der Waals surface area (Å²) < 4.78 is 5.07. The van der Waals surface area contributed by atoms with E-state index in [4.69, 9.17) is 4.74 Å². The Balaban J connectivity index is 2.20. The van der Waals surface area contributed by atoms with Gasteiger partial charge in [-0.25, -0.2) is 9.97 Å². The summed E-state index contributed by atoms with van der Waals surface area (Å²) in [6, 6.07) is 9.22. The van der Waals surface area contributed by atoms with Crippen molar-refractivity contribution in [2.24, 2.45) is 0 Å². The number of aromatic hydroxyl groups is 1. The number of ether oxygens (including phenoxy) is 1. The average Bonchev–Trinajstić information content (AvgIpc) is 2.41. The number of nitrogens with zero attached hydrogens (tertiary/aromatic N) is 3. The standard InChI is InChI=1S/C15H19N3O2/c1-11-8-15(17-14(16-11)10-20-3)18(2)9-12-6-4-5-7-13(12)19/h4-8,19H,9-10H2,1-3H3. The normalized spacial score (nSPS) is 10.6. The van der Waals surface area contributed by atoms with Gasteiger partial charge in [0.15, 0.2) is 5.82 Å². The van der Waals surface area contributed by atoms with Crippen molar-refractivity contribution < 1.29 is 9.84 Å². The first kappa shape index (κ1) is 14.3. The Labute approximate surface area is 118 Å². The van der Waals surface area contributed by atoms with E-state index in [1.165, 1.54) is 0 Å². The number of hydrogen-bond acceptors (Lipinski definition) is 5. The summed E-state index contributed by atoms with van der Waals surface area (Å²) >= 11 is 0. The van der Waals surface area contributed by atoms with Crippen LogP contribution in [-0.4, -0.2) is 29.2 Å². The quantitative estimate of drug-likeness (QED) is 0.905. The predicted molar refractivity (Wildman–Crippen MR) is 77.7 cm³/mol. The number of anilines is 1. The summed E-state index contributed by atoms with van der Waals surface area (Å²) in [5, 5.41) is 9.82. The molecule has 0 atom stereocenters. The highest BCUT2D eigenvalue weighted by Gasteiger charge is 2.09. The Morgan fingerprint density at radius 3 is 2.70 bits per heavy atom. The molecule has 0 fully saturated rings. The van der Waals surface area contributed by atoms with E-state index in [1.807, 2.05) is 43.1 Å². The molecule has 0 aliphatic carbocycles. The number of benzene rings is 1. The van der Waals surface area contributed by atoms with Crippen LogP contribution < -0.4 is 4.90 Å². The van der Waals surface area contributed by atoms with Gasteiger partial charge in [0.1, 0.15) is 18.2 Å². The van der Waals surface area contributed by atoms with Gasteiger partial charge in [-0.15, -0.1) is 0 Å². The minimum absolute atomic E-state index is 0.294. The molecule has 1 aromatic carbocycles. The third-order valence-corrected chi connectivity index (χ3v) is 2.95. The molecule has 0 aliphatic heterocycles. The van der Waals surface area contributed by atoms with E-state index in [0.717, 1.165) is 17.1 Å². The molecule has 0 bridgehead atoms. The van der Waals surface area contributed by atoms with Gasteiger partial charge >= 0.3 is 0 Å². The highest BCUT2D eigenvalue weighted by molar-refractivity contribution is 5.42. The minimum Gasteiger partial charge on any atom is -0.508 e. The van der Waals surface area contributed by atoms with Gasteiger partial charge in [-0.3, -0.25) is 0 Å². The Kier molecular flexibility index (Phi) is 4.53. The lowest BCUT2D eigenvalue weighted by atomic mass is 10.2. The van der Waals surface area contributed by atoms with E-state index in [2.05, 4.69) is 9.97 Å². The van der Waals surface area contributed by atoms with E-state index in [1.54, 1.807) is 13.2 Å². The van der Waals surface area contributed by atoms with Crippen molar-refractivity contribution >= 4 is 5.82 Å². The Bertz CT molecular complexity index is 587. The van der Waals surface area contributed by atoms with Crippen LogP contribution in [0.5, 0.6) is 5.75 Å². The van der Waals surface area contributed by atoms with Gasteiger partial charge < -0.3 is 14.7 Å². The van der Waals surface area contributed by atoms with E-state index in [0.29, 0.717) is 24.7 Å². The molecule has 106 valence electrons. The number of methoxy groups -OCH3 is 1. The second-order valence-corrected chi connectivity index (χ2v) is 4.70. The van der Waals surface area contributed by atoms with Crippen LogP contribution in [0.4, 0.5) is 5.82 Å². The SMILES string of the molecule is COCc1nc(C)cc(N(C)Cc2ccccc2O)n1. The summed E-state index contributed by atoms with van der Waals surface area (Å²) in [6.45, 7) is 2.90. The molecular formula is C15H19N3O2. The maximum atomic E-state index is 9.82. The number of aryl methyl sites for hydroxylation is 1. The molecule has 1 aromatic heterocycles. The highest BCUT2D eigenvalue weighted by atomic mass is 16.5. The number of phenols is 1. The van der Waals surface area contributed by atoms with Crippen molar-refractivity contribution in [3.63, 3.8) is 0 Å². The van der Waals surface area contributed by atoms with E-state index in [-0.39, 0.29) is 0 Å². The first-order chi connectivity index (χ1) is 9.60. The summed E-state index contributed by atoms with van der Waals surface area (Å²) in [6.07, 6.45) is 0. The highest BCUT2D eigenvalue weighted by Crippen LogP contribution is 2.20. The third-order valence-electron chi connectivity index (χ3n) is 2.95. The maximum Gasteiger partial charge on any atom is 0.156 e. The third kappa shape index (κ3) is 3.45. The van der Waals surface area contributed by atoms with Gasteiger partial charge in [-0.05, 0) is 13.0 Å². The second-order valence-electron chi connectivity index (χ2n) is 4.70. The van der Waals surface area contributed by atoms with Crippen LogP contribution in [0.3, 0.4) is 0 Å². The molecule has 0 saturated heterocycles. The zero-order valence-electron chi connectivity index (χ0n) is 12.0. The van der Waals surface area contributed by atoms with Gasteiger partial charge in [0, 0.05) is 38.0 Å². The van der Waals surface area contributed by atoms with Crippen molar-refractivity contribution in [1.29, 1.82) is 0 Å². The van der Waals surface area contributed by atoms with Gasteiger partial charge in [0.05, 0.1) is 0 Å². The van der Waals surface area contributed by atoms with Crippen LogP contribution in [0.2, 0.25) is 0 Å². The molecule has 0 saturated carbocycles. The molecule has 1 heterocycles. The molecule has 5 heteroatoms. The minimum atomic E-state index is 0.294.